The molecule has 2 aromatic rings. The minimum atomic E-state index is -1.03. The maximum Gasteiger partial charge on any atom is 0.317 e. The fourth-order valence-corrected chi connectivity index (χ4v) is 3.01. The van der Waals surface area contributed by atoms with Gasteiger partial charge in [-0.3, -0.25) is 14.5 Å². The first kappa shape index (κ1) is 25.4. The summed E-state index contributed by atoms with van der Waals surface area (Å²) >= 11 is 0. The van der Waals surface area contributed by atoms with E-state index in [1.165, 1.54) is 22.4 Å². The van der Waals surface area contributed by atoms with E-state index in [4.69, 9.17) is 10.2 Å². The highest BCUT2D eigenvalue weighted by atomic mass is 16.4. The molecule has 0 heterocycles. The van der Waals surface area contributed by atoms with Gasteiger partial charge in [0.25, 0.3) is 0 Å². The zero-order valence-corrected chi connectivity index (χ0v) is 18.5. The fourth-order valence-electron chi connectivity index (χ4n) is 3.01. The predicted octanol–water partition coefficient (Wildman–Crippen LogP) is 5.37. The van der Waals surface area contributed by atoms with Crippen molar-refractivity contribution in [2.75, 3.05) is 13.1 Å². The number of hydrogen-bond donors (Lipinski definition) is 2. The standard InChI is InChI=1S/C15H21NO4.C10H14/c1-3-11(2)13-6-4-12(5-7-13)8-16(9-14(17)18)10-15(19)20;1-3-9(2)10-7-5-4-6-8-10/h4-7,11H,3,8-10H2,1-2H3,(H,17,18)(H,19,20);4-9H,3H2,1-2H3. The van der Waals surface area contributed by atoms with Crippen LogP contribution in [0.15, 0.2) is 54.6 Å². The third kappa shape index (κ3) is 9.70. The SMILES string of the molecule is CCC(C)c1ccc(CN(CC(=O)O)CC(=O)O)cc1.CCC(C)c1ccccc1. The van der Waals surface area contributed by atoms with Gasteiger partial charge in [-0.25, -0.2) is 0 Å². The van der Waals surface area contributed by atoms with Crippen LogP contribution in [0.5, 0.6) is 0 Å². The third-order valence-corrected chi connectivity index (χ3v) is 5.27. The van der Waals surface area contributed by atoms with E-state index in [9.17, 15) is 9.59 Å². The van der Waals surface area contributed by atoms with Crippen LogP contribution in [0.1, 0.15) is 69.1 Å². The number of hydrogen-bond acceptors (Lipinski definition) is 3. The topological polar surface area (TPSA) is 77.8 Å². The van der Waals surface area contributed by atoms with Gasteiger partial charge in [-0.15, -0.1) is 0 Å². The zero-order valence-electron chi connectivity index (χ0n) is 18.5. The molecule has 164 valence electrons. The number of carbonyl (C=O) groups is 2. The van der Waals surface area contributed by atoms with Crippen molar-refractivity contribution >= 4 is 11.9 Å². The van der Waals surface area contributed by atoms with Gasteiger partial charge in [0.1, 0.15) is 0 Å². The van der Waals surface area contributed by atoms with Crippen molar-refractivity contribution in [3.8, 4) is 0 Å². The van der Waals surface area contributed by atoms with Crippen molar-refractivity contribution in [2.24, 2.45) is 0 Å². The van der Waals surface area contributed by atoms with Gasteiger partial charge < -0.3 is 10.2 Å². The normalized spacial score (nSPS) is 12.6. The second kappa shape index (κ2) is 13.5. The molecule has 0 bridgehead atoms. The van der Waals surface area contributed by atoms with E-state index in [2.05, 4.69) is 58.0 Å². The molecular weight excluding hydrogens is 378 g/mol. The monoisotopic (exact) mass is 413 g/mol. The molecule has 0 aliphatic heterocycles. The molecule has 2 atom stereocenters. The van der Waals surface area contributed by atoms with E-state index in [1.54, 1.807) is 0 Å². The molecule has 2 N–H and O–H groups in total. The van der Waals surface area contributed by atoms with Crippen molar-refractivity contribution in [3.63, 3.8) is 0 Å². The Bertz CT molecular complexity index is 742. The lowest BCUT2D eigenvalue weighted by Crippen LogP contribution is -2.33. The molecule has 0 fully saturated rings. The second-order valence-corrected chi connectivity index (χ2v) is 7.70. The van der Waals surface area contributed by atoms with Gasteiger partial charge >= 0.3 is 11.9 Å². The molecule has 0 spiro atoms. The van der Waals surface area contributed by atoms with Crippen LogP contribution in [0, 0.1) is 0 Å². The summed E-state index contributed by atoms with van der Waals surface area (Å²) in [5.41, 5.74) is 3.60. The molecule has 5 heteroatoms. The third-order valence-electron chi connectivity index (χ3n) is 5.27. The molecule has 0 aliphatic carbocycles. The van der Waals surface area contributed by atoms with E-state index >= 15 is 0 Å². The Balaban J connectivity index is 0.000000375. The summed E-state index contributed by atoms with van der Waals surface area (Å²) < 4.78 is 0. The molecule has 0 aromatic heterocycles. The summed E-state index contributed by atoms with van der Waals surface area (Å²) in [4.78, 5) is 22.8. The van der Waals surface area contributed by atoms with Crippen LogP contribution in [-0.2, 0) is 16.1 Å². The Morgan fingerprint density at radius 2 is 1.20 bits per heavy atom. The number of carboxylic acid groups (broad SMARTS) is 2. The van der Waals surface area contributed by atoms with Crippen LogP contribution >= 0.6 is 0 Å². The van der Waals surface area contributed by atoms with E-state index in [-0.39, 0.29) is 13.1 Å². The lowest BCUT2D eigenvalue weighted by atomic mass is 9.97. The predicted molar refractivity (Wildman–Crippen MR) is 121 cm³/mol. The van der Waals surface area contributed by atoms with Crippen LogP contribution in [0.25, 0.3) is 0 Å². The number of benzene rings is 2. The fraction of sp³-hybridized carbons (Fsp3) is 0.440. The lowest BCUT2D eigenvalue weighted by Gasteiger charge is -2.18. The maximum absolute atomic E-state index is 10.7. The highest BCUT2D eigenvalue weighted by Gasteiger charge is 2.14. The molecule has 0 aliphatic rings. The smallest absolute Gasteiger partial charge is 0.317 e. The molecule has 2 rings (SSSR count). The van der Waals surface area contributed by atoms with Crippen molar-refractivity contribution in [3.05, 3.63) is 71.3 Å². The van der Waals surface area contributed by atoms with Crippen LogP contribution in [0.3, 0.4) is 0 Å². The van der Waals surface area contributed by atoms with Gasteiger partial charge in [-0.2, -0.15) is 0 Å². The van der Waals surface area contributed by atoms with Gasteiger partial charge in [-0.05, 0) is 41.4 Å². The lowest BCUT2D eigenvalue weighted by molar-refractivity contribution is -0.142. The first-order valence-electron chi connectivity index (χ1n) is 10.6. The summed E-state index contributed by atoms with van der Waals surface area (Å²) in [5, 5.41) is 17.6. The van der Waals surface area contributed by atoms with Crippen LogP contribution < -0.4 is 0 Å². The summed E-state index contributed by atoms with van der Waals surface area (Å²) in [7, 11) is 0. The summed E-state index contributed by atoms with van der Waals surface area (Å²) in [6.45, 7) is 8.52. The van der Waals surface area contributed by atoms with Crippen LogP contribution in [0.4, 0.5) is 0 Å². The van der Waals surface area contributed by atoms with Crippen LogP contribution in [-0.4, -0.2) is 40.1 Å². The molecule has 0 radical (unpaired) electrons. The quantitative estimate of drug-likeness (QED) is 0.547. The summed E-state index contributed by atoms with van der Waals surface area (Å²) in [6, 6.07) is 18.5. The summed E-state index contributed by atoms with van der Waals surface area (Å²) in [5.74, 6) is -0.857. The van der Waals surface area contributed by atoms with Gasteiger partial charge in [0.2, 0.25) is 0 Å². The Kier molecular flexibility index (Phi) is 11.5. The number of nitrogens with zero attached hydrogens (tertiary/aromatic N) is 1. The molecule has 0 saturated heterocycles. The first-order valence-corrected chi connectivity index (χ1v) is 10.6. The molecule has 5 nitrogen and oxygen atoms in total. The molecule has 30 heavy (non-hydrogen) atoms. The van der Waals surface area contributed by atoms with Gasteiger partial charge in [0.05, 0.1) is 13.1 Å². The van der Waals surface area contributed by atoms with Gasteiger partial charge in [0.15, 0.2) is 0 Å². The zero-order chi connectivity index (χ0) is 22.5. The minimum Gasteiger partial charge on any atom is -0.480 e. The van der Waals surface area contributed by atoms with E-state index < -0.39 is 11.9 Å². The van der Waals surface area contributed by atoms with Crippen molar-refractivity contribution in [1.82, 2.24) is 4.90 Å². The molecule has 0 saturated carbocycles. The Labute approximate surface area is 180 Å². The van der Waals surface area contributed by atoms with Gasteiger partial charge in [0, 0.05) is 6.54 Å². The highest BCUT2D eigenvalue weighted by Crippen LogP contribution is 2.19. The minimum absolute atomic E-state index is 0.278. The number of aliphatic carboxylic acids is 2. The summed E-state index contributed by atoms with van der Waals surface area (Å²) in [6.07, 6.45) is 2.29. The van der Waals surface area contributed by atoms with E-state index in [0.717, 1.165) is 12.0 Å². The molecule has 2 unspecified atom stereocenters. The number of rotatable bonds is 10. The number of carboxylic acids is 2. The van der Waals surface area contributed by atoms with E-state index in [1.807, 2.05) is 24.3 Å². The molecule has 0 amide bonds. The Hall–Kier alpha value is -2.66. The molecular formula is C25H35NO4. The largest absolute Gasteiger partial charge is 0.480 e. The highest BCUT2D eigenvalue weighted by molar-refractivity contribution is 5.72. The van der Waals surface area contributed by atoms with Crippen molar-refractivity contribution < 1.29 is 19.8 Å². The Morgan fingerprint density at radius 1 is 0.767 bits per heavy atom. The second-order valence-electron chi connectivity index (χ2n) is 7.70. The van der Waals surface area contributed by atoms with Crippen LogP contribution in [0.2, 0.25) is 0 Å². The van der Waals surface area contributed by atoms with Crippen molar-refractivity contribution in [1.29, 1.82) is 0 Å². The average molecular weight is 414 g/mol. The average Bonchev–Trinajstić information content (AvgIpc) is 2.73. The molecule has 2 aromatic carbocycles. The first-order chi connectivity index (χ1) is 14.3. The maximum atomic E-state index is 10.7. The van der Waals surface area contributed by atoms with Gasteiger partial charge in [-0.1, -0.05) is 82.3 Å². The van der Waals surface area contributed by atoms with Crippen molar-refractivity contribution in [2.45, 2.75) is 58.9 Å². The Morgan fingerprint density at radius 3 is 1.60 bits per heavy atom. The van der Waals surface area contributed by atoms with E-state index in [0.29, 0.717) is 18.4 Å².